The average Bonchev–Trinajstić information content (AvgIpc) is 3.57. The van der Waals surface area contributed by atoms with Crippen LogP contribution in [0.4, 0.5) is 0 Å². The van der Waals surface area contributed by atoms with Crippen molar-refractivity contribution in [3.8, 4) is 11.4 Å². The van der Waals surface area contributed by atoms with E-state index >= 15 is 0 Å². The van der Waals surface area contributed by atoms with Gasteiger partial charge in [0.25, 0.3) is 0 Å². The first-order valence-electron chi connectivity index (χ1n) is 11.0. The van der Waals surface area contributed by atoms with E-state index in [1.807, 2.05) is 42.5 Å². The lowest BCUT2D eigenvalue weighted by Gasteiger charge is -2.19. The summed E-state index contributed by atoms with van der Waals surface area (Å²) in [5, 5.41) is 11.5. The summed E-state index contributed by atoms with van der Waals surface area (Å²) in [5.74, 6) is 0.506. The highest BCUT2D eigenvalue weighted by atomic mass is 35.5. The molecule has 34 heavy (non-hydrogen) atoms. The van der Waals surface area contributed by atoms with Gasteiger partial charge in [-0.3, -0.25) is 0 Å². The van der Waals surface area contributed by atoms with Gasteiger partial charge in [-0.15, -0.1) is 11.3 Å². The Bertz CT molecular complexity index is 1470. The summed E-state index contributed by atoms with van der Waals surface area (Å²) in [5.41, 5.74) is 0.963. The van der Waals surface area contributed by atoms with Crippen molar-refractivity contribution in [2.45, 2.75) is 43.6 Å². The highest BCUT2D eigenvalue weighted by molar-refractivity contribution is 7.90. The Morgan fingerprint density at radius 1 is 1.15 bits per heavy atom. The van der Waals surface area contributed by atoms with E-state index in [-0.39, 0.29) is 5.25 Å². The van der Waals surface area contributed by atoms with E-state index in [4.69, 9.17) is 11.6 Å². The molecule has 9 heteroatoms. The van der Waals surface area contributed by atoms with Gasteiger partial charge in [0.05, 0.1) is 17.0 Å². The minimum atomic E-state index is -3.48. The van der Waals surface area contributed by atoms with Crippen molar-refractivity contribution in [1.82, 2.24) is 14.7 Å². The average molecular weight is 514 g/mol. The summed E-state index contributed by atoms with van der Waals surface area (Å²) >= 11 is 7.99. The van der Waals surface area contributed by atoms with Crippen LogP contribution < -0.4 is 4.72 Å². The Morgan fingerprint density at radius 2 is 1.91 bits per heavy atom. The number of benzene rings is 2. The van der Waals surface area contributed by atoms with Crippen molar-refractivity contribution < 1.29 is 13.5 Å². The van der Waals surface area contributed by atoms with E-state index in [2.05, 4.69) is 14.7 Å². The fraction of sp³-hybridized carbons (Fsp3) is 0.280. The Kier molecular flexibility index (Phi) is 5.98. The van der Waals surface area contributed by atoms with Gasteiger partial charge in [-0.2, -0.15) is 0 Å². The molecule has 2 heterocycles. The molecule has 0 saturated heterocycles. The lowest BCUT2D eigenvalue weighted by Crippen LogP contribution is -2.31. The van der Waals surface area contributed by atoms with E-state index in [0.717, 1.165) is 20.5 Å². The molecular formula is C25H24ClN3O3S2. The molecule has 1 aliphatic rings. The van der Waals surface area contributed by atoms with Gasteiger partial charge >= 0.3 is 0 Å². The lowest BCUT2D eigenvalue weighted by atomic mass is 10.0. The van der Waals surface area contributed by atoms with E-state index in [1.54, 1.807) is 32.2 Å². The number of thiophene rings is 1. The molecule has 2 aromatic carbocycles. The third-order valence-corrected chi connectivity index (χ3v) is 9.34. The summed E-state index contributed by atoms with van der Waals surface area (Å²) in [6.07, 6.45) is 2.99. The SMILES string of the molecule is CC(C)(O)c1ccnc(-c2cccc3cc(C(NS(=O)(=O)C4CC4)c4ccccc4Cl)sc23)n1. The number of sulfonamides is 1. The Labute approximate surface area is 207 Å². The molecule has 1 fully saturated rings. The third-order valence-electron chi connectivity index (χ3n) is 5.83. The number of aromatic nitrogens is 2. The second-order valence-electron chi connectivity index (χ2n) is 9.01. The van der Waals surface area contributed by atoms with Crippen molar-refractivity contribution in [3.05, 3.63) is 82.0 Å². The Balaban J connectivity index is 1.63. The molecule has 1 atom stereocenters. The maximum absolute atomic E-state index is 12.9. The predicted molar refractivity (Wildman–Crippen MR) is 136 cm³/mol. The summed E-state index contributed by atoms with van der Waals surface area (Å²) in [7, 11) is -3.48. The molecular weight excluding hydrogens is 490 g/mol. The number of nitrogens with zero attached hydrogens (tertiary/aromatic N) is 2. The quantitative estimate of drug-likeness (QED) is 0.344. The Morgan fingerprint density at radius 3 is 2.62 bits per heavy atom. The maximum Gasteiger partial charge on any atom is 0.215 e. The molecule has 0 radical (unpaired) electrons. The molecule has 0 aliphatic heterocycles. The monoisotopic (exact) mass is 513 g/mol. The van der Waals surface area contributed by atoms with Crippen LogP contribution in [0.25, 0.3) is 21.5 Å². The maximum atomic E-state index is 12.9. The van der Waals surface area contributed by atoms with Crippen LogP contribution in [0.3, 0.4) is 0 Å². The summed E-state index contributed by atoms with van der Waals surface area (Å²) in [6, 6.07) is 16.2. The van der Waals surface area contributed by atoms with Gasteiger partial charge in [-0.1, -0.05) is 41.9 Å². The van der Waals surface area contributed by atoms with Gasteiger partial charge in [-0.25, -0.2) is 23.1 Å². The van der Waals surface area contributed by atoms with Gasteiger partial charge in [0.1, 0.15) is 5.60 Å². The second kappa shape index (κ2) is 8.70. The zero-order valence-corrected chi connectivity index (χ0v) is 21.1. The molecule has 4 aromatic rings. The Hall–Kier alpha value is -2.36. The van der Waals surface area contributed by atoms with Crippen LogP contribution in [0.1, 0.15) is 48.9 Å². The van der Waals surface area contributed by atoms with Crippen LogP contribution in [0.5, 0.6) is 0 Å². The van der Waals surface area contributed by atoms with Crippen molar-refractivity contribution in [1.29, 1.82) is 0 Å². The van der Waals surface area contributed by atoms with Gasteiger partial charge in [0, 0.05) is 26.4 Å². The summed E-state index contributed by atoms with van der Waals surface area (Å²) in [6.45, 7) is 3.37. The fourth-order valence-electron chi connectivity index (χ4n) is 3.85. The molecule has 1 aliphatic carbocycles. The molecule has 6 nitrogen and oxygen atoms in total. The van der Waals surface area contributed by atoms with Crippen LogP contribution in [0, 0.1) is 0 Å². The predicted octanol–water partition coefficient (Wildman–Crippen LogP) is 5.41. The molecule has 2 N–H and O–H groups in total. The highest BCUT2D eigenvalue weighted by Crippen LogP contribution is 2.41. The fourth-order valence-corrected chi connectivity index (χ4v) is 6.94. The molecule has 0 amide bonds. The summed E-state index contributed by atoms with van der Waals surface area (Å²) < 4.78 is 29.7. The first-order valence-corrected chi connectivity index (χ1v) is 13.7. The van der Waals surface area contributed by atoms with Crippen LogP contribution in [-0.2, 0) is 15.6 Å². The zero-order valence-electron chi connectivity index (χ0n) is 18.7. The minimum Gasteiger partial charge on any atom is -0.384 e. The van der Waals surface area contributed by atoms with Crippen LogP contribution >= 0.6 is 22.9 Å². The normalized spacial score (nSPS) is 15.5. The molecule has 1 unspecified atom stereocenters. The van der Waals surface area contributed by atoms with Crippen molar-refractivity contribution in [3.63, 3.8) is 0 Å². The first-order chi connectivity index (χ1) is 16.1. The number of nitrogens with one attached hydrogen (secondary N) is 1. The van der Waals surface area contributed by atoms with Crippen LogP contribution in [0.2, 0.25) is 5.02 Å². The highest BCUT2D eigenvalue weighted by Gasteiger charge is 2.38. The van der Waals surface area contributed by atoms with Crippen molar-refractivity contribution in [2.75, 3.05) is 0 Å². The topological polar surface area (TPSA) is 92.2 Å². The van der Waals surface area contributed by atoms with Gasteiger partial charge in [0.2, 0.25) is 10.0 Å². The van der Waals surface area contributed by atoms with Crippen LogP contribution in [-0.4, -0.2) is 28.7 Å². The number of hydrogen-bond donors (Lipinski definition) is 2. The lowest BCUT2D eigenvalue weighted by molar-refractivity contribution is 0.0738. The first kappa shape index (κ1) is 23.4. The molecule has 176 valence electrons. The molecule has 2 aromatic heterocycles. The number of halogens is 1. The number of aliphatic hydroxyl groups is 1. The zero-order chi connectivity index (χ0) is 24.1. The van der Waals surface area contributed by atoms with Gasteiger partial charge in [-0.05, 0) is 61.9 Å². The van der Waals surface area contributed by atoms with E-state index in [1.165, 1.54) is 11.3 Å². The second-order valence-corrected chi connectivity index (χ2v) is 12.5. The standard InChI is InChI=1S/C25H24ClN3O3S2/c1-25(2,30)21-12-13-27-24(28-21)18-8-5-6-15-14-20(33-23(15)18)22(17-7-3-4-9-19(17)26)29-34(31,32)16-10-11-16/h3-9,12-14,16,22,29-30H,10-11H2,1-2H3. The largest absolute Gasteiger partial charge is 0.384 e. The van der Waals surface area contributed by atoms with Gasteiger partial charge in [0.15, 0.2) is 5.82 Å². The number of rotatable bonds is 7. The molecule has 5 rings (SSSR count). The molecule has 0 spiro atoms. The number of hydrogen-bond acceptors (Lipinski definition) is 6. The minimum absolute atomic E-state index is 0.347. The van der Waals surface area contributed by atoms with E-state index in [9.17, 15) is 13.5 Å². The van der Waals surface area contributed by atoms with E-state index < -0.39 is 21.7 Å². The van der Waals surface area contributed by atoms with Crippen LogP contribution in [0.15, 0.2) is 60.8 Å². The molecule has 0 bridgehead atoms. The third kappa shape index (κ3) is 4.61. The van der Waals surface area contributed by atoms with Crippen molar-refractivity contribution >= 4 is 43.0 Å². The molecule has 1 saturated carbocycles. The summed E-state index contributed by atoms with van der Waals surface area (Å²) in [4.78, 5) is 9.87. The van der Waals surface area contributed by atoms with Gasteiger partial charge < -0.3 is 5.11 Å². The smallest absolute Gasteiger partial charge is 0.215 e. The van der Waals surface area contributed by atoms with Crippen molar-refractivity contribution in [2.24, 2.45) is 0 Å². The van der Waals surface area contributed by atoms with E-state index in [0.29, 0.717) is 34.9 Å². The number of fused-ring (bicyclic) bond motifs is 1.